The first-order chi connectivity index (χ1) is 9.59. The largest absolute Gasteiger partial charge is 0.481 e. The van der Waals surface area contributed by atoms with Gasteiger partial charge in [-0.05, 0) is 18.9 Å². The molecule has 20 heavy (non-hydrogen) atoms. The molecule has 1 aromatic heterocycles. The van der Waals surface area contributed by atoms with Gasteiger partial charge in [-0.2, -0.15) is 0 Å². The van der Waals surface area contributed by atoms with Crippen molar-refractivity contribution in [1.82, 2.24) is 10.6 Å². The van der Waals surface area contributed by atoms with Crippen LogP contribution in [0.2, 0.25) is 0 Å². The van der Waals surface area contributed by atoms with Gasteiger partial charge in [0.2, 0.25) is 5.91 Å². The van der Waals surface area contributed by atoms with Crippen LogP contribution in [0.3, 0.4) is 0 Å². The molecule has 0 fully saturated rings. The maximum atomic E-state index is 11.5. The summed E-state index contributed by atoms with van der Waals surface area (Å²) in [4.78, 5) is 33.2. The van der Waals surface area contributed by atoms with Gasteiger partial charge in [0, 0.05) is 25.9 Å². The molecule has 0 unspecified atom stereocenters. The first kappa shape index (κ1) is 15.7. The molecule has 0 saturated heterocycles. The lowest BCUT2D eigenvalue weighted by Gasteiger charge is -2.05. The zero-order chi connectivity index (χ0) is 14.8. The van der Waals surface area contributed by atoms with E-state index in [2.05, 4.69) is 10.6 Å². The lowest BCUT2D eigenvalue weighted by atomic mass is 10.2. The molecule has 1 heterocycles. The van der Waals surface area contributed by atoms with Crippen LogP contribution in [0.4, 0.5) is 0 Å². The fraction of sp³-hybridized carbons (Fsp3) is 0.462. The van der Waals surface area contributed by atoms with Crippen molar-refractivity contribution in [3.8, 4) is 0 Å². The van der Waals surface area contributed by atoms with Crippen molar-refractivity contribution in [2.75, 3.05) is 13.1 Å². The van der Waals surface area contributed by atoms with Crippen molar-refractivity contribution in [2.24, 2.45) is 0 Å². The molecule has 0 atom stereocenters. The molecule has 3 N–H and O–H groups in total. The Morgan fingerprint density at radius 1 is 1.10 bits per heavy atom. The third kappa shape index (κ3) is 6.58. The minimum Gasteiger partial charge on any atom is -0.481 e. The van der Waals surface area contributed by atoms with E-state index in [0.29, 0.717) is 24.9 Å². The van der Waals surface area contributed by atoms with Crippen LogP contribution >= 0.6 is 0 Å². The average Bonchev–Trinajstić information content (AvgIpc) is 2.91. The summed E-state index contributed by atoms with van der Waals surface area (Å²) in [6.45, 7) is 0.687. The fourth-order valence-electron chi connectivity index (χ4n) is 1.50. The number of carboxylic acid groups (broad SMARTS) is 1. The van der Waals surface area contributed by atoms with Crippen LogP contribution in [0, 0.1) is 0 Å². The van der Waals surface area contributed by atoms with Gasteiger partial charge < -0.3 is 20.2 Å². The molecule has 0 aliphatic rings. The number of furan rings is 1. The molecule has 0 spiro atoms. The minimum atomic E-state index is -0.835. The van der Waals surface area contributed by atoms with E-state index in [9.17, 15) is 14.4 Å². The van der Waals surface area contributed by atoms with Crippen molar-refractivity contribution in [3.63, 3.8) is 0 Å². The molecule has 0 aromatic carbocycles. The summed E-state index contributed by atoms with van der Waals surface area (Å²) >= 11 is 0. The topological polar surface area (TPSA) is 109 Å². The number of carbonyl (C=O) groups is 3. The summed E-state index contributed by atoms with van der Waals surface area (Å²) < 4.78 is 4.77. The molecular weight excluding hydrogens is 264 g/mol. The number of carbonyl (C=O) groups excluding carboxylic acids is 2. The minimum absolute atomic E-state index is 0.108. The van der Waals surface area contributed by atoms with Gasteiger partial charge in [-0.15, -0.1) is 0 Å². The zero-order valence-electron chi connectivity index (χ0n) is 11.1. The van der Waals surface area contributed by atoms with E-state index >= 15 is 0 Å². The van der Waals surface area contributed by atoms with E-state index in [4.69, 9.17) is 9.52 Å². The Morgan fingerprint density at radius 2 is 1.90 bits per heavy atom. The Morgan fingerprint density at radius 3 is 2.55 bits per heavy atom. The van der Waals surface area contributed by atoms with E-state index in [-0.39, 0.29) is 31.2 Å². The zero-order valence-corrected chi connectivity index (χ0v) is 11.1. The predicted octanol–water partition coefficient (Wildman–Crippen LogP) is 0.771. The molecule has 7 nitrogen and oxygen atoms in total. The highest BCUT2D eigenvalue weighted by Gasteiger charge is 2.07. The second kappa shape index (κ2) is 8.73. The highest BCUT2D eigenvalue weighted by Crippen LogP contribution is 1.99. The van der Waals surface area contributed by atoms with Crippen molar-refractivity contribution < 1.29 is 23.9 Å². The van der Waals surface area contributed by atoms with Crippen LogP contribution in [0.5, 0.6) is 0 Å². The maximum absolute atomic E-state index is 11.5. The Labute approximate surface area is 116 Å². The van der Waals surface area contributed by atoms with Crippen molar-refractivity contribution in [2.45, 2.75) is 25.7 Å². The van der Waals surface area contributed by atoms with Crippen molar-refractivity contribution >= 4 is 17.8 Å². The molecule has 0 aliphatic carbocycles. The molecular formula is C13H18N2O5. The van der Waals surface area contributed by atoms with Crippen LogP contribution in [-0.2, 0) is 9.59 Å². The smallest absolute Gasteiger partial charge is 0.303 e. The number of rotatable bonds is 9. The molecule has 0 bridgehead atoms. The number of aliphatic carboxylic acids is 1. The van der Waals surface area contributed by atoms with E-state index < -0.39 is 5.97 Å². The number of carboxylic acids is 1. The van der Waals surface area contributed by atoms with E-state index in [1.807, 2.05) is 0 Å². The predicted molar refractivity (Wildman–Crippen MR) is 70.2 cm³/mol. The summed E-state index contributed by atoms with van der Waals surface area (Å²) in [5.74, 6) is -1.29. The highest BCUT2D eigenvalue weighted by atomic mass is 16.4. The lowest BCUT2D eigenvalue weighted by molar-refractivity contribution is -0.137. The quantitative estimate of drug-likeness (QED) is 0.580. The summed E-state index contributed by atoms with van der Waals surface area (Å²) in [7, 11) is 0. The molecule has 2 amide bonds. The fourth-order valence-corrected chi connectivity index (χ4v) is 1.50. The normalized spacial score (nSPS) is 10.0. The van der Waals surface area contributed by atoms with Gasteiger partial charge >= 0.3 is 5.97 Å². The van der Waals surface area contributed by atoms with Crippen molar-refractivity contribution in [1.29, 1.82) is 0 Å². The highest BCUT2D eigenvalue weighted by molar-refractivity contribution is 5.93. The molecule has 0 radical (unpaired) electrons. The Kier molecular flexibility index (Phi) is 6.88. The van der Waals surface area contributed by atoms with Crippen LogP contribution in [0.25, 0.3) is 0 Å². The first-order valence-corrected chi connectivity index (χ1v) is 6.38. The molecule has 7 heteroatoms. The number of unbranched alkanes of at least 4 members (excludes halogenated alkanes) is 1. The van der Waals surface area contributed by atoms with Gasteiger partial charge in [0.25, 0.3) is 5.91 Å². The van der Waals surface area contributed by atoms with E-state index in [1.165, 1.54) is 18.6 Å². The number of hydrogen-bond acceptors (Lipinski definition) is 4. The number of hydrogen-bond donors (Lipinski definition) is 3. The van der Waals surface area contributed by atoms with E-state index in [1.54, 1.807) is 0 Å². The van der Waals surface area contributed by atoms with Gasteiger partial charge in [0.15, 0.2) is 0 Å². The van der Waals surface area contributed by atoms with Gasteiger partial charge in [-0.25, -0.2) is 0 Å². The number of amides is 2. The summed E-state index contributed by atoms with van der Waals surface area (Å²) in [6, 6.07) is 1.54. The standard InChI is InChI=1S/C13H18N2O5/c16-11(14-6-2-1-3-12(17)18)4-7-15-13(19)10-5-8-20-9-10/h5,8-9H,1-4,6-7H2,(H,14,16)(H,15,19)(H,17,18). The van der Waals surface area contributed by atoms with Crippen LogP contribution in [0.1, 0.15) is 36.0 Å². The Bertz CT molecular complexity index is 442. The molecule has 0 aliphatic heterocycles. The third-order valence-corrected chi connectivity index (χ3v) is 2.56. The van der Waals surface area contributed by atoms with Crippen LogP contribution in [-0.4, -0.2) is 36.0 Å². The Balaban J connectivity index is 2.03. The molecule has 0 saturated carbocycles. The second-order valence-corrected chi connectivity index (χ2v) is 4.22. The summed E-state index contributed by atoms with van der Waals surface area (Å²) in [5.41, 5.74) is 0.416. The number of nitrogens with one attached hydrogen (secondary N) is 2. The second-order valence-electron chi connectivity index (χ2n) is 4.22. The van der Waals surface area contributed by atoms with Crippen LogP contribution < -0.4 is 10.6 Å². The third-order valence-electron chi connectivity index (χ3n) is 2.56. The van der Waals surface area contributed by atoms with E-state index in [0.717, 1.165) is 0 Å². The molecule has 1 aromatic rings. The van der Waals surface area contributed by atoms with Gasteiger partial charge in [-0.1, -0.05) is 0 Å². The first-order valence-electron chi connectivity index (χ1n) is 6.38. The summed E-state index contributed by atoms with van der Waals surface area (Å²) in [6.07, 6.45) is 4.18. The molecule has 110 valence electrons. The SMILES string of the molecule is O=C(O)CCCCNC(=O)CCNC(=O)c1ccoc1. The molecule has 1 rings (SSSR count). The monoisotopic (exact) mass is 282 g/mol. The lowest BCUT2D eigenvalue weighted by Crippen LogP contribution is -2.31. The summed E-state index contributed by atoms with van der Waals surface area (Å²) in [5, 5.41) is 13.7. The Hall–Kier alpha value is -2.31. The van der Waals surface area contributed by atoms with Crippen molar-refractivity contribution in [3.05, 3.63) is 24.2 Å². The average molecular weight is 282 g/mol. The van der Waals surface area contributed by atoms with Gasteiger partial charge in [-0.3, -0.25) is 14.4 Å². The van der Waals surface area contributed by atoms with Gasteiger partial charge in [0.05, 0.1) is 11.8 Å². The van der Waals surface area contributed by atoms with Crippen LogP contribution in [0.15, 0.2) is 23.0 Å². The maximum Gasteiger partial charge on any atom is 0.303 e. The van der Waals surface area contributed by atoms with Gasteiger partial charge in [0.1, 0.15) is 6.26 Å².